The highest BCUT2D eigenvalue weighted by atomic mass is 16.6. The molecule has 88 valence electrons. The van der Waals surface area contributed by atoms with Crippen LogP contribution in [0.5, 0.6) is 0 Å². The first-order valence-electron chi connectivity index (χ1n) is 5.18. The van der Waals surface area contributed by atoms with Gasteiger partial charge in [-0.1, -0.05) is 12.1 Å². The maximum absolute atomic E-state index is 10.7. The summed E-state index contributed by atoms with van der Waals surface area (Å²) in [7, 11) is 0. The number of aromatic nitrogens is 2. The van der Waals surface area contributed by atoms with E-state index in [0.29, 0.717) is 18.9 Å². The zero-order valence-electron chi connectivity index (χ0n) is 9.11. The number of rotatable bonds is 4. The number of nitrogens with zero attached hydrogens (tertiary/aromatic N) is 3. The van der Waals surface area contributed by atoms with E-state index >= 15 is 0 Å². The minimum absolute atomic E-state index is 0.0600. The molecule has 6 nitrogen and oxygen atoms in total. The van der Waals surface area contributed by atoms with Gasteiger partial charge in [0.2, 0.25) is 0 Å². The number of non-ortho nitro benzene ring substituents is 1. The Morgan fingerprint density at radius 3 is 3.00 bits per heavy atom. The summed E-state index contributed by atoms with van der Waals surface area (Å²) in [4.78, 5) is 14.5. The van der Waals surface area contributed by atoms with E-state index in [4.69, 9.17) is 5.73 Å². The number of hydrogen-bond acceptors (Lipinski definition) is 4. The summed E-state index contributed by atoms with van der Waals surface area (Å²) < 4.78 is 1.87. The van der Waals surface area contributed by atoms with Gasteiger partial charge in [0.25, 0.3) is 5.69 Å². The van der Waals surface area contributed by atoms with Gasteiger partial charge in [0.05, 0.1) is 4.92 Å². The van der Waals surface area contributed by atoms with Crippen LogP contribution in [-0.2, 0) is 6.54 Å². The first kappa shape index (κ1) is 11.3. The third-order valence-corrected chi connectivity index (χ3v) is 2.40. The molecule has 0 bridgehead atoms. The summed E-state index contributed by atoms with van der Waals surface area (Å²) >= 11 is 0. The van der Waals surface area contributed by atoms with E-state index in [0.717, 1.165) is 5.56 Å². The highest BCUT2D eigenvalue weighted by Crippen LogP contribution is 2.22. The maximum atomic E-state index is 10.7. The third kappa shape index (κ3) is 2.31. The van der Waals surface area contributed by atoms with Crippen LogP contribution in [0, 0.1) is 10.1 Å². The van der Waals surface area contributed by atoms with Gasteiger partial charge in [0.1, 0.15) is 5.82 Å². The van der Waals surface area contributed by atoms with Gasteiger partial charge in [-0.3, -0.25) is 10.1 Å². The molecule has 0 radical (unpaired) electrons. The van der Waals surface area contributed by atoms with Crippen molar-refractivity contribution in [1.29, 1.82) is 0 Å². The Balaban J connectivity index is 2.42. The first-order chi connectivity index (χ1) is 8.22. The predicted octanol–water partition coefficient (Wildman–Crippen LogP) is 1.42. The van der Waals surface area contributed by atoms with Crippen molar-refractivity contribution in [2.75, 3.05) is 6.54 Å². The van der Waals surface area contributed by atoms with Crippen molar-refractivity contribution < 1.29 is 4.92 Å². The Bertz CT molecular complexity index is 536. The lowest BCUT2D eigenvalue weighted by atomic mass is 10.2. The first-order valence-corrected chi connectivity index (χ1v) is 5.18. The number of benzene rings is 1. The van der Waals surface area contributed by atoms with Gasteiger partial charge >= 0.3 is 0 Å². The molecule has 0 atom stereocenters. The number of nitro benzene ring substituents is 1. The van der Waals surface area contributed by atoms with Crippen molar-refractivity contribution in [1.82, 2.24) is 9.55 Å². The molecule has 2 rings (SSSR count). The summed E-state index contributed by atoms with van der Waals surface area (Å²) in [5.74, 6) is 0.694. The van der Waals surface area contributed by atoms with Crippen LogP contribution in [0.1, 0.15) is 0 Å². The van der Waals surface area contributed by atoms with Gasteiger partial charge < -0.3 is 10.3 Å². The van der Waals surface area contributed by atoms with E-state index < -0.39 is 4.92 Å². The molecule has 0 aliphatic carbocycles. The van der Waals surface area contributed by atoms with E-state index in [-0.39, 0.29) is 5.69 Å². The maximum Gasteiger partial charge on any atom is 0.270 e. The average Bonchev–Trinajstić information content (AvgIpc) is 2.78. The van der Waals surface area contributed by atoms with Crippen LogP contribution >= 0.6 is 0 Å². The van der Waals surface area contributed by atoms with Crippen LogP contribution in [-0.4, -0.2) is 21.0 Å². The van der Waals surface area contributed by atoms with Gasteiger partial charge in [-0.05, 0) is 0 Å². The monoisotopic (exact) mass is 232 g/mol. The van der Waals surface area contributed by atoms with Crippen LogP contribution in [0.2, 0.25) is 0 Å². The Labute approximate surface area is 97.9 Å². The Hall–Kier alpha value is -2.21. The standard InChI is InChI=1S/C11H12N4O2/c12-4-6-14-7-5-13-11(14)9-2-1-3-10(8-9)15(16)17/h1-3,5,7-8H,4,6,12H2. The zero-order chi connectivity index (χ0) is 12.3. The SMILES string of the molecule is NCCn1ccnc1-c1cccc([N+](=O)[O-])c1. The van der Waals surface area contributed by atoms with E-state index in [1.165, 1.54) is 12.1 Å². The number of imidazole rings is 1. The second kappa shape index (κ2) is 4.75. The van der Waals surface area contributed by atoms with Crippen LogP contribution in [0.25, 0.3) is 11.4 Å². The molecule has 0 aliphatic heterocycles. The lowest BCUT2D eigenvalue weighted by Crippen LogP contribution is -2.10. The van der Waals surface area contributed by atoms with Crippen LogP contribution in [0.4, 0.5) is 5.69 Å². The quantitative estimate of drug-likeness (QED) is 0.637. The molecule has 0 fully saturated rings. The van der Waals surface area contributed by atoms with Gasteiger partial charge in [-0.2, -0.15) is 0 Å². The molecular weight excluding hydrogens is 220 g/mol. The highest BCUT2D eigenvalue weighted by Gasteiger charge is 2.10. The van der Waals surface area contributed by atoms with Crippen molar-refractivity contribution >= 4 is 5.69 Å². The van der Waals surface area contributed by atoms with Crippen molar-refractivity contribution in [3.05, 3.63) is 46.8 Å². The van der Waals surface area contributed by atoms with Gasteiger partial charge in [-0.15, -0.1) is 0 Å². The molecule has 0 saturated carbocycles. The van der Waals surface area contributed by atoms with E-state index in [1.807, 2.05) is 4.57 Å². The third-order valence-electron chi connectivity index (χ3n) is 2.40. The second-order valence-electron chi connectivity index (χ2n) is 3.54. The molecule has 0 amide bonds. The summed E-state index contributed by atoms with van der Waals surface area (Å²) in [6, 6.07) is 6.41. The molecule has 1 aromatic carbocycles. The minimum Gasteiger partial charge on any atom is -0.330 e. The van der Waals surface area contributed by atoms with E-state index in [1.54, 1.807) is 24.5 Å². The lowest BCUT2D eigenvalue weighted by molar-refractivity contribution is -0.384. The van der Waals surface area contributed by atoms with Crippen molar-refractivity contribution in [2.45, 2.75) is 6.54 Å². The van der Waals surface area contributed by atoms with E-state index in [2.05, 4.69) is 4.98 Å². The van der Waals surface area contributed by atoms with Crippen molar-refractivity contribution in [2.24, 2.45) is 5.73 Å². The highest BCUT2D eigenvalue weighted by molar-refractivity contribution is 5.59. The number of nitrogens with two attached hydrogens (primary N) is 1. The molecular formula is C11H12N4O2. The normalized spacial score (nSPS) is 10.4. The van der Waals surface area contributed by atoms with Crippen LogP contribution in [0.3, 0.4) is 0 Å². The molecule has 0 spiro atoms. The molecule has 0 saturated heterocycles. The molecule has 17 heavy (non-hydrogen) atoms. The molecule has 2 N–H and O–H groups in total. The molecule has 1 heterocycles. The summed E-state index contributed by atoms with van der Waals surface area (Å²) in [5.41, 5.74) is 6.27. The number of nitro groups is 1. The lowest BCUT2D eigenvalue weighted by Gasteiger charge is -2.05. The van der Waals surface area contributed by atoms with Crippen molar-refractivity contribution in [3.8, 4) is 11.4 Å². The fourth-order valence-corrected chi connectivity index (χ4v) is 1.65. The molecule has 6 heteroatoms. The second-order valence-corrected chi connectivity index (χ2v) is 3.54. The zero-order valence-corrected chi connectivity index (χ0v) is 9.11. The fourth-order valence-electron chi connectivity index (χ4n) is 1.65. The largest absolute Gasteiger partial charge is 0.330 e. The minimum atomic E-state index is -0.417. The summed E-state index contributed by atoms with van der Waals surface area (Å²) in [6.07, 6.45) is 3.46. The Kier molecular flexibility index (Phi) is 3.15. The topological polar surface area (TPSA) is 87.0 Å². The predicted molar refractivity (Wildman–Crippen MR) is 63.4 cm³/mol. The molecule has 0 aliphatic rings. The molecule has 1 aromatic heterocycles. The van der Waals surface area contributed by atoms with Crippen LogP contribution < -0.4 is 5.73 Å². The average molecular weight is 232 g/mol. The molecule has 0 unspecified atom stereocenters. The summed E-state index contributed by atoms with van der Waals surface area (Å²) in [6.45, 7) is 1.14. The molecule has 2 aromatic rings. The Morgan fingerprint density at radius 1 is 1.47 bits per heavy atom. The smallest absolute Gasteiger partial charge is 0.270 e. The summed E-state index contributed by atoms with van der Waals surface area (Å²) in [5, 5.41) is 10.7. The van der Waals surface area contributed by atoms with Crippen molar-refractivity contribution in [3.63, 3.8) is 0 Å². The van der Waals surface area contributed by atoms with Crippen LogP contribution in [0.15, 0.2) is 36.7 Å². The van der Waals surface area contributed by atoms with Gasteiger partial charge in [0.15, 0.2) is 0 Å². The Morgan fingerprint density at radius 2 is 2.29 bits per heavy atom. The number of hydrogen-bond donors (Lipinski definition) is 1. The fraction of sp³-hybridized carbons (Fsp3) is 0.182. The van der Waals surface area contributed by atoms with Gasteiger partial charge in [-0.25, -0.2) is 4.98 Å². The van der Waals surface area contributed by atoms with E-state index in [9.17, 15) is 10.1 Å². The van der Waals surface area contributed by atoms with Gasteiger partial charge in [0, 0.05) is 43.2 Å².